The lowest BCUT2D eigenvalue weighted by molar-refractivity contribution is -0.123. The zero-order valence-electron chi connectivity index (χ0n) is 14.3. The van der Waals surface area contributed by atoms with E-state index in [1.807, 2.05) is 6.07 Å². The Bertz CT molecular complexity index is 637. The maximum absolute atomic E-state index is 12.0. The van der Waals surface area contributed by atoms with Crippen LogP contribution in [-0.2, 0) is 11.3 Å². The summed E-state index contributed by atoms with van der Waals surface area (Å²) >= 11 is 0. The molecule has 2 aromatic rings. The molecule has 0 spiro atoms. The average molecular weight is 343 g/mol. The third-order valence-corrected chi connectivity index (χ3v) is 4.45. The number of hydrogen-bond acceptors (Lipinski definition) is 5. The number of hydrogen-bond donors (Lipinski definition) is 2. The van der Waals surface area contributed by atoms with Gasteiger partial charge in [0.2, 0.25) is 5.91 Å². The monoisotopic (exact) mass is 343 g/mol. The van der Waals surface area contributed by atoms with Gasteiger partial charge in [-0.25, -0.2) is 0 Å². The van der Waals surface area contributed by atoms with E-state index in [2.05, 4.69) is 39.4 Å². The largest absolute Gasteiger partial charge is 0.467 e. The maximum atomic E-state index is 12.0. The number of amides is 1. The highest BCUT2D eigenvalue weighted by Gasteiger charge is 2.19. The molecule has 1 aromatic carbocycles. The van der Waals surface area contributed by atoms with Gasteiger partial charge in [-0.15, -0.1) is 0 Å². The molecule has 1 aliphatic heterocycles. The molecule has 1 fully saturated rings. The Labute approximate surface area is 148 Å². The van der Waals surface area contributed by atoms with Crippen molar-refractivity contribution in [3.8, 4) is 0 Å². The zero-order valence-corrected chi connectivity index (χ0v) is 14.3. The second-order valence-corrected chi connectivity index (χ2v) is 6.37. The van der Waals surface area contributed by atoms with Crippen molar-refractivity contribution in [1.82, 2.24) is 15.1 Å². The van der Waals surface area contributed by atoms with Crippen molar-refractivity contribution in [1.29, 1.82) is 0 Å². The molecule has 134 valence electrons. The molecule has 0 bridgehead atoms. The van der Waals surface area contributed by atoms with Crippen LogP contribution in [-0.4, -0.2) is 60.1 Å². The first-order valence-electron chi connectivity index (χ1n) is 8.67. The molecule has 1 saturated heterocycles. The predicted molar refractivity (Wildman–Crippen MR) is 94.8 cm³/mol. The minimum Gasteiger partial charge on any atom is -0.467 e. The third kappa shape index (κ3) is 5.42. The van der Waals surface area contributed by atoms with Gasteiger partial charge in [-0.2, -0.15) is 0 Å². The Morgan fingerprint density at radius 1 is 1.08 bits per heavy atom. The number of furan rings is 1. The fraction of sp³-hybridized carbons (Fsp3) is 0.421. The molecule has 1 unspecified atom stereocenters. The first-order valence-corrected chi connectivity index (χ1v) is 8.67. The summed E-state index contributed by atoms with van der Waals surface area (Å²) in [4.78, 5) is 16.6. The van der Waals surface area contributed by atoms with E-state index >= 15 is 0 Å². The van der Waals surface area contributed by atoms with E-state index in [4.69, 9.17) is 4.42 Å². The fourth-order valence-corrected chi connectivity index (χ4v) is 3.00. The van der Waals surface area contributed by atoms with Gasteiger partial charge in [0.1, 0.15) is 11.9 Å². The summed E-state index contributed by atoms with van der Waals surface area (Å²) in [6, 6.07) is 13.9. The van der Waals surface area contributed by atoms with Crippen LogP contribution in [0.25, 0.3) is 0 Å². The van der Waals surface area contributed by atoms with Crippen LogP contribution >= 0.6 is 0 Å². The number of carbonyl (C=O) groups is 1. The Morgan fingerprint density at radius 2 is 1.80 bits per heavy atom. The lowest BCUT2D eigenvalue weighted by Gasteiger charge is -2.34. The number of aliphatic hydroxyl groups excluding tert-OH is 1. The molecule has 0 aliphatic carbocycles. The number of carbonyl (C=O) groups excluding carboxylic acids is 1. The summed E-state index contributed by atoms with van der Waals surface area (Å²) in [5.74, 6) is 0.400. The van der Waals surface area contributed by atoms with Gasteiger partial charge in [0, 0.05) is 32.7 Å². The van der Waals surface area contributed by atoms with Gasteiger partial charge in [-0.1, -0.05) is 30.3 Å². The summed E-state index contributed by atoms with van der Waals surface area (Å²) in [6.07, 6.45) is 0.705. The van der Waals surface area contributed by atoms with Crippen LogP contribution in [0.3, 0.4) is 0 Å². The maximum Gasteiger partial charge on any atom is 0.234 e. The SMILES string of the molecule is O=C(CN1CCN(Cc2ccccc2)CC1)NCC(O)c1ccco1. The van der Waals surface area contributed by atoms with E-state index in [1.165, 1.54) is 11.8 Å². The third-order valence-electron chi connectivity index (χ3n) is 4.45. The summed E-state index contributed by atoms with van der Waals surface area (Å²) in [7, 11) is 0. The molecule has 25 heavy (non-hydrogen) atoms. The van der Waals surface area contributed by atoms with Crippen LogP contribution in [0.1, 0.15) is 17.4 Å². The quantitative estimate of drug-likeness (QED) is 0.792. The summed E-state index contributed by atoms with van der Waals surface area (Å²) in [5, 5.41) is 12.7. The van der Waals surface area contributed by atoms with Crippen LogP contribution in [0, 0.1) is 0 Å². The standard InChI is InChI=1S/C19H25N3O3/c23-17(18-7-4-12-25-18)13-20-19(24)15-22-10-8-21(9-11-22)14-16-5-2-1-3-6-16/h1-7,12,17,23H,8-11,13-15H2,(H,20,24). The summed E-state index contributed by atoms with van der Waals surface area (Å²) in [5.41, 5.74) is 1.32. The molecule has 0 saturated carbocycles. The number of nitrogens with one attached hydrogen (secondary N) is 1. The molecule has 1 aliphatic rings. The van der Waals surface area contributed by atoms with E-state index in [9.17, 15) is 9.90 Å². The van der Waals surface area contributed by atoms with Crippen LogP contribution in [0.5, 0.6) is 0 Å². The molecular weight excluding hydrogens is 318 g/mol. The molecule has 0 radical (unpaired) electrons. The first-order chi connectivity index (χ1) is 12.2. The molecule has 6 nitrogen and oxygen atoms in total. The van der Waals surface area contributed by atoms with Crippen molar-refractivity contribution in [3.05, 3.63) is 60.1 Å². The molecule has 2 heterocycles. The van der Waals surface area contributed by atoms with E-state index < -0.39 is 6.10 Å². The number of benzene rings is 1. The van der Waals surface area contributed by atoms with Crippen molar-refractivity contribution < 1.29 is 14.3 Å². The van der Waals surface area contributed by atoms with E-state index in [1.54, 1.807) is 12.1 Å². The van der Waals surface area contributed by atoms with Gasteiger partial charge in [0.05, 0.1) is 19.4 Å². The van der Waals surface area contributed by atoms with Crippen molar-refractivity contribution in [3.63, 3.8) is 0 Å². The van der Waals surface area contributed by atoms with Crippen molar-refractivity contribution >= 4 is 5.91 Å². The number of aliphatic hydroxyl groups is 1. The lowest BCUT2D eigenvalue weighted by Crippen LogP contribution is -2.49. The fourth-order valence-electron chi connectivity index (χ4n) is 3.00. The normalized spacial score (nSPS) is 17.3. The Balaban J connectivity index is 1.35. The Hall–Kier alpha value is -2.15. The summed E-state index contributed by atoms with van der Waals surface area (Å²) < 4.78 is 5.12. The highest BCUT2D eigenvalue weighted by atomic mass is 16.4. The van der Waals surface area contributed by atoms with Gasteiger partial charge in [-0.3, -0.25) is 14.6 Å². The second kappa shape index (κ2) is 8.80. The Kier molecular flexibility index (Phi) is 6.22. The van der Waals surface area contributed by atoms with Gasteiger partial charge in [0.25, 0.3) is 0 Å². The molecule has 1 aromatic heterocycles. The molecule has 3 rings (SSSR count). The minimum absolute atomic E-state index is 0.0675. The van der Waals surface area contributed by atoms with Gasteiger partial charge < -0.3 is 14.8 Å². The minimum atomic E-state index is -0.804. The second-order valence-electron chi connectivity index (χ2n) is 6.37. The van der Waals surface area contributed by atoms with Crippen molar-refractivity contribution in [2.75, 3.05) is 39.3 Å². The van der Waals surface area contributed by atoms with Crippen molar-refractivity contribution in [2.45, 2.75) is 12.6 Å². The van der Waals surface area contributed by atoms with Gasteiger partial charge in [0.15, 0.2) is 0 Å². The number of rotatable bonds is 7. The molecule has 1 atom stereocenters. The molecule has 1 amide bonds. The smallest absolute Gasteiger partial charge is 0.234 e. The predicted octanol–water partition coefficient (Wildman–Crippen LogP) is 1.25. The van der Waals surface area contributed by atoms with E-state index in [0.29, 0.717) is 12.3 Å². The average Bonchev–Trinajstić information content (AvgIpc) is 3.17. The van der Waals surface area contributed by atoms with Crippen LogP contribution in [0.4, 0.5) is 0 Å². The van der Waals surface area contributed by atoms with Crippen LogP contribution in [0.2, 0.25) is 0 Å². The number of nitrogens with zero attached hydrogens (tertiary/aromatic N) is 2. The van der Waals surface area contributed by atoms with Gasteiger partial charge in [-0.05, 0) is 17.7 Å². The highest BCUT2D eigenvalue weighted by molar-refractivity contribution is 5.78. The van der Waals surface area contributed by atoms with Crippen molar-refractivity contribution in [2.24, 2.45) is 0 Å². The van der Waals surface area contributed by atoms with Gasteiger partial charge >= 0.3 is 0 Å². The van der Waals surface area contributed by atoms with Crippen LogP contribution in [0.15, 0.2) is 53.1 Å². The molecule has 6 heteroatoms. The lowest BCUT2D eigenvalue weighted by atomic mass is 10.2. The molecular formula is C19H25N3O3. The molecule has 2 N–H and O–H groups in total. The summed E-state index contributed by atoms with van der Waals surface area (Å²) in [6.45, 7) is 5.15. The first kappa shape index (κ1) is 17.7. The van der Waals surface area contributed by atoms with Crippen LogP contribution < -0.4 is 5.32 Å². The van der Waals surface area contributed by atoms with E-state index in [0.717, 1.165) is 32.7 Å². The topological polar surface area (TPSA) is 69.0 Å². The highest BCUT2D eigenvalue weighted by Crippen LogP contribution is 2.12. The zero-order chi connectivity index (χ0) is 17.5. The number of piperazine rings is 1. The van der Waals surface area contributed by atoms with E-state index in [-0.39, 0.29) is 12.5 Å². The Morgan fingerprint density at radius 3 is 2.48 bits per heavy atom.